The highest BCUT2D eigenvalue weighted by molar-refractivity contribution is 5.89. The molecule has 5 nitrogen and oxygen atoms in total. The molecule has 0 radical (unpaired) electrons. The summed E-state index contributed by atoms with van der Waals surface area (Å²) in [6.07, 6.45) is 3.46. The first kappa shape index (κ1) is 12.5. The first-order chi connectivity index (χ1) is 9.19. The zero-order valence-corrected chi connectivity index (χ0v) is 11.4. The van der Waals surface area contributed by atoms with Crippen LogP contribution in [0, 0.1) is 5.92 Å². The van der Waals surface area contributed by atoms with Crippen molar-refractivity contribution < 1.29 is 9.53 Å². The molecule has 102 valence electrons. The molecule has 0 saturated heterocycles. The summed E-state index contributed by atoms with van der Waals surface area (Å²) >= 11 is 0. The smallest absolute Gasteiger partial charge is 0.357 e. The van der Waals surface area contributed by atoms with Gasteiger partial charge in [0.05, 0.1) is 12.8 Å². The second-order valence-corrected chi connectivity index (χ2v) is 5.57. The van der Waals surface area contributed by atoms with Crippen molar-refractivity contribution in [3.8, 4) is 0 Å². The van der Waals surface area contributed by atoms with Crippen LogP contribution in [0.5, 0.6) is 0 Å². The monoisotopic (exact) mass is 261 g/mol. The summed E-state index contributed by atoms with van der Waals surface area (Å²) in [5, 5.41) is 3.22. The molecule has 0 amide bonds. The molecule has 1 saturated carbocycles. The van der Waals surface area contributed by atoms with E-state index in [4.69, 9.17) is 4.74 Å². The Bertz CT molecular complexity index is 516. The number of rotatable bonds is 2. The third-order valence-electron chi connectivity index (χ3n) is 4.14. The van der Waals surface area contributed by atoms with Gasteiger partial charge in [-0.25, -0.2) is 14.8 Å². The highest BCUT2D eigenvalue weighted by atomic mass is 16.5. The summed E-state index contributed by atoms with van der Waals surface area (Å²) in [5.74, 6) is 1.59. The van der Waals surface area contributed by atoms with Gasteiger partial charge in [-0.1, -0.05) is 6.92 Å². The third kappa shape index (κ3) is 2.23. The number of esters is 1. The Morgan fingerprint density at radius 3 is 2.84 bits per heavy atom. The minimum atomic E-state index is -0.352. The van der Waals surface area contributed by atoms with Gasteiger partial charge in [-0.3, -0.25) is 0 Å². The molecule has 19 heavy (non-hydrogen) atoms. The number of nitrogens with one attached hydrogen (secondary N) is 1. The summed E-state index contributed by atoms with van der Waals surface area (Å²) in [6, 6.07) is 0. The molecule has 1 fully saturated rings. The van der Waals surface area contributed by atoms with Crippen molar-refractivity contribution in [1.82, 2.24) is 15.3 Å². The lowest BCUT2D eigenvalue weighted by Gasteiger charge is -2.12. The largest absolute Gasteiger partial charge is 0.464 e. The molecular weight excluding hydrogens is 242 g/mol. The number of carbonyl (C=O) groups excluding carboxylic acids is 1. The average Bonchev–Trinajstić information content (AvgIpc) is 3.04. The molecule has 2 aliphatic rings. The fourth-order valence-electron chi connectivity index (χ4n) is 3.08. The predicted octanol–water partition coefficient (Wildman–Crippen LogP) is 1.77. The van der Waals surface area contributed by atoms with Gasteiger partial charge in [-0.15, -0.1) is 0 Å². The Morgan fingerprint density at radius 1 is 1.32 bits per heavy atom. The van der Waals surface area contributed by atoms with Gasteiger partial charge >= 0.3 is 5.97 Å². The third-order valence-corrected chi connectivity index (χ3v) is 4.14. The highest BCUT2D eigenvalue weighted by Crippen LogP contribution is 2.37. The van der Waals surface area contributed by atoms with E-state index in [0.717, 1.165) is 42.4 Å². The van der Waals surface area contributed by atoms with Gasteiger partial charge in [0.15, 0.2) is 5.69 Å². The number of nitrogens with zero attached hydrogens (tertiary/aromatic N) is 2. The fraction of sp³-hybridized carbons (Fsp3) is 0.643. The molecule has 0 spiro atoms. The highest BCUT2D eigenvalue weighted by Gasteiger charge is 2.29. The van der Waals surface area contributed by atoms with Gasteiger partial charge in [-0.05, 0) is 25.2 Å². The lowest BCUT2D eigenvalue weighted by molar-refractivity contribution is 0.0592. The standard InChI is InChI=1S/C14H19N3O2/c1-8-3-4-9(5-8)13-16-11-7-15-6-10(11)12(17-13)14(18)19-2/h8-9,15H,3-7H2,1-2H3. The maximum absolute atomic E-state index is 11.9. The molecule has 2 heterocycles. The van der Waals surface area contributed by atoms with E-state index < -0.39 is 0 Å². The second-order valence-electron chi connectivity index (χ2n) is 5.57. The van der Waals surface area contributed by atoms with Gasteiger partial charge in [0.25, 0.3) is 0 Å². The first-order valence-corrected chi connectivity index (χ1v) is 6.87. The van der Waals surface area contributed by atoms with Crippen LogP contribution in [0.4, 0.5) is 0 Å². The van der Waals surface area contributed by atoms with Crippen molar-refractivity contribution in [1.29, 1.82) is 0 Å². The Hall–Kier alpha value is -1.49. The Morgan fingerprint density at radius 2 is 2.16 bits per heavy atom. The summed E-state index contributed by atoms with van der Waals surface area (Å²) in [4.78, 5) is 21.0. The van der Waals surface area contributed by atoms with E-state index in [1.807, 2.05) is 0 Å². The van der Waals surface area contributed by atoms with Gasteiger partial charge in [-0.2, -0.15) is 0 Å². The molecule has 0 aromatic carbocycles. The van der Waals surface area contributed by atoms with E-state index in [2.05, 4.69) is 22.2 Å². The number of aromatic nitrogens is 2. The van der Waals surface area contributed by atoms with E-state index in [9.17, 15) is 4.79 Å². The van der Waals surface area contributed by atoms with Crippen molar-refractivity contribution in [2.45, 2.75) is 45.2 Å². The lowest BCUT2D eigenvalue weighted by Crippen LogP contribution is -2.14. The normalized spacial score (nSPS) is 25.4. The van der Waals surface area contributed by atoms with E-state index in [1.54, 1.807) is 0 Å². The van der Waals surface area contributed by atoms with Crippen LogP contribution in [0.15, 0.2) is 0 Å². The number of fused-ring (bicyclic) bond motifs is 1. The van der Waals surface area contributed by atoms with Gasteiger partial charge in [0.1, 0.15) is 5.82 Å². The van der Waals surface area contributed by atoms with Crippen LogP contribution in [0.25, 0.3) is 0 Å². The molecule has 3 rings (SSSR count). The fourth-order valence-corrected chi connectivity index (χ4v) is 3.08. The molecule has 0 bridgehead atoms. The van der Waals surface area contributed by atoms with E-state index in [-0.39, 0.29) is 5.97 Å². The zero-order valence-electron chi connectivity index (χ0n) is 11.4. The zero-order chi connectivity index (χ0) is 13.4. The predicted molar refractivity (Wildman–Crippen MR) is 69.7 cm³/mol. The summed E-state index contributed by atoms with van der Waals surface area (Å²) in [5.41, 5.74) is 2.32. The van der Waals surface area contributed by atoms with Crippen LogP contribution in [0.2, 0.25) is 0 Å². The minimum Gasteiger partial charge on any atom is -0.464 e. The molecule has 1 N–H and O–H groups in total. The minimum absolute atomic E-state index is 0.352. The first-order valence-electron chi connectivity index (χ1n) is 6.87. The van der Waals surface area contributed by atoms with Crippen LogP contribution in [-0.4, -0.2) is 23.0 Å². The molecule has 5 heteroatoms. The summed E-state index contributed by atoms with van der Waals surface area (Å²) < 4.78 is 4.84. The van der Waals surface area contributed by atoms with Crippen LogP contribution in [0.1, 0.15) is 59.7 Å². The molecular formula is C14H19N3O2. The molecule has 2 unspecified atom stereocenters. The number of methoxy groups -OCH3 is 1. The second kappa shape index (κ2) is 4.89. The summed E-state index contributed by atoms with van der Waals surface area (Å²) in [7, 11) is 1.40. The van der Waals surface area contributed by atoms with E-state index in [1.165, 1.54) is 13.5 Å². The molecule has 1 aromatic rings. The molecule has 1 aromatic heterocycles. The van der Waals surface area contributed by atoms with Crippen molar-refractivity contribution in [2.24, 2.45) is 5.92 Å². The van der Waals surface area contributed by atoms with Crippen LogP contribution < -0.4 is 5.32 Å². The number of hydrogen-bond donors (Lipinski definition) is 1. The number of carbonyl (C=O) groups is 1. The van der Waals surface area contributed by atoms with Gasteiger partial charge in [0.2, 0.25) is 0 Å². The van der Waals surface area contributed by atoms with Crippen molar-refractivity contribution in [2.75, 3.05) is 7.11 Å². The maximum atomic E-state index is 11.9. The van der Waals surface area contributed by atoms with Crippen LogP contribution in [-0.2, 0) is 17.8 Å². The van der Waals surface area contributed by atoms with E-state index in [0.29, 0.717) is 18.2 Å². The Balaban J connectivity index is 2.00. The van der Waals surface area contributed by atoms with Crippen LogP contribution >= 0.6 is 0 Å². The van der Waals surface area contributed by atoms with Gasteiger partial charge < -0.3 is 10.1 Å². The Labute approximate surface area is 112 Å². The molecule has 1 aliphatic carbocycles. The quantitative estimate of drug-likeness (QED) is 0.822. The van der Waals surface area contributed by atoms with E-state index >= 15 is 0 Å². The number of ether oxygens (including phenoxy) is 1. The van der Waals surface area contributed by atoms with Gasteiger partial charge in [0, 0.05) is 24.6 Å². The SMILES string of the molecule is COC(=O)c1nc(C2CCC(C)C2)nc2c1CNC2. The van der Waals surface area contributed by atoms with Crippen molar-refractivity contribution in [3.63, 3.8) is 0 Å². The average molecular weight is 261 g/mol. The topological polar surface area (TPSA) is 64.1 Å². The van der Waals surface area contributed by atoms with Crippen LogP contribution in [0.3, 0.4) is 0 Å². The number of hydrogen-bond acceptors (Lipinski definition) is 5. The summed E-state index contributed by atoms with van der Waals surface area (Å²) in [6.45, 7) is 3.63. The molecule has 2 atom stereocenters. The lowest BCUT2D eigenvalue weighted by atomic mass is 10.0. The Kier molecular flexibility index (Phi) is 3.22. The molecule has 1 aliphatic heterocycles. The van der Waals surface area contributed by atoms with Crippen molar-refractivity contribution >= 4 is 5.97 Å². The van der Waals surface area contributed by atoms with Crippen molar-refractivity contribution in [3.05, 3.63) is 22.8 Å². The maximum Gasteiger partial charge on any atom is 0.357 e.